The topological polar surface area (TPSA) is 61.3 Å². The highest BCUT2D eigenvalue weighted by Gasteiger charge is 2.35. The van der Waals surface area contributed by atoms with Crippen LogP contribution in [0.4, 0.5) is 13.2 Å². The van der Waals surface area contributed by atoms with Crippen LogP contribution in [0.5, 0.6) is 5.75 Å². The minimum Gasteiger partial charge on any atom is -0.497 e. The number of methoxy groups -OCH3 is 1. The van der Waals surface area contributed by atoms with E-state index in [0.717, 1.165) is 12.5 Å². The van der Waals surface area contributed by atoms with E-state index in [1.54, 1.807) is 0 Å². The zero-order valence-electron chi connectivity index (χ0n) is 11.2. The lowest BCUT2D eigenvalue weighted by atomic mass is 9.96. The van der Waals surface area contributed by atoms with Crippen LogP contribution in [0.3, 0.4) is 0 Å². The van der Waals surface area contributed by atoms with E-state index in [1.165, 1.54) is 19.2 Å². The Morgan fingerprint density at radius 3 is 2.40 bits per heavy atom. The molecule has 7 heteroatoms. The lowest BCUT2D eigenvalue weighted by Crippen LogP contribution is -2.18. The van der Waals surface area contributed by atoms with Gasteiger partial charge in [-0.15, -0.1) is 12.4 Å². The number of alkyl halides is 3. The molecule has 20 heavy (non-hydrogen) atoms. The Morgan fingerprint density at radius 2 is 1.90 bits per heavy atom. The number of halogens is 4. The van der Waals surface area contributed by atoms with Gasteiger partial charge in [-0.3, -0.25) is 0 Å². The summed E-state index contributed by atoms with van der Waals surface area (Å²) in [5.41, 5.74) is 10.6. The molecule has 0 fully saturated rings. The first kappa shape index (κ1) is 19.0. The Balaban J connectivity index is 0.00000361. The highest BCUT2D eigenvalue weighted by Crippen LogP contribution is 2.37. The van der Waals surface area contributed by atoms with E-state index in [9.17, 15) is 13.2 Å². The van der Waals surface area contributed by atoms with Crippen molar-refractivity contribution in [2.75, 3.05) is 13.7 Å². The van der Waals surface area contributed by atoms with Gasteiger partial charge in [0, 0.05) is 6.04 Å². The van der Waals surface area contributed by atoms with Crippen molar-refractivity contribution in [1.29, 1.82) is 0 Å². The maximum Gasteiger partial charge on any atom is 0.416 e. The van der Waals surface area contributed by atoms with Crippen molar-refractivity contribution in [3.05, 3.63) is 29.3 Å². The molecule has 0 aliphatic rings. The monoisotopic (exact) mass is 312 g/mol. The third-order valence-electron chi connectivity index (χ3n) is 2.93. The van der Waals surface area contributed by atoms with Crippen LogP contribution in [0.25, 0.3) is 0 Å². The first-order chi connectivity index (χ1) is 8.90. The van der Waals surface area contributed by atoms with Gasteiger partial charge in [0.15, 0.2) is 0 Å². The van der Waals surface area contributed by atoms with Gasteiger partial charge in [-0.1, -0.05) is 12.5 Å². The summed E-state index contributed by atoms with van der Waals surface area (Å²) in [4.78, 5) is 0. The zero-order valence-corrected chi connectivity index (χ0v) is 12.1. The van der Waals surface area contributed by atoms with E-state index in [1.807, 2.05) is 0 Å². The average Bonchev–Trinajstić information content (AvgIpc) is 2.37. The quantitative estimate of drug-likeness (QED) is 0.793. The van der Waals surface area contributed by atoms with Crippen molar-refractivity contribution < 1.29 is 17.9 Å². The molecule has 0 aliphatic carbocycles. The van der Waals surface area contributed by atoms with Crippen LogP contribution in [-0.4, -0.2) is 13.7 Å². The van der Waals surface area contributed by atoms with Crippen LogP contribution in [0.15, 0.2) is 18.2 Å². The molecule has 1 atom stereocenters. The van der Waals surface area contributed by atoms with Gasteiger partial charge in [0.1, 0.15) is 5.75 Å². The van der Waals surface area contributed by atoms with Gasteiger partial charge >= 0.3 is 6.18 Å². The SMILES string of the molecule is COc1ccc([C@@H](N)CCCCN)c(C(F)(F)F)c1.Cl. The normalized spacial score (nSPS) is 12.7. The molecule has 0 unspecified atom stereocenters. The van der Waals surface area contributed by atoms with Gasteiger partial charge in [-0.2, -0.15) is 13.2 Å². The van der Waals surface area contributed by atoms with E-state index < -0.39 is 17.8 Å². The van der Waals surface area contributed by atoms with Crippen molar-refractivity contribution in [3.8, 4) is 5.75 Å². The molecule has 0 spiro atoms. The standard InChI is InChI=1S/C13H19F3N2O.ClH/c1-19-9-5-6-10(11(8-9)13(14,15)16)12(18)4-2-3-7-17;/h5-6,8,12H,2-4,7,17-18H2,1H3;1H/t12-;/m0./s1. The summed E-state index contributed by atoms with van der Waals surface area (Å²) in [5.74, 6) is 0.172. The van der Waals surface area contributed by atoms with Crippen LogP contribution in [0, 0.1) is 0 Å². The average molecular weight is 313 g/mol. The molecule has 116 valence electrons. The molecule has 0 heterocycles. The summed E-state index contributed by atoms with van der Waals surface area (Å²) in [7, 11) is 1.33. The fourth-order valence-corrected chi connectivity index (χ4v) is 1.90. The molecule has 1 aromatic carbocycles. The Kier molecular flexibility index (Phi) is 7.93. The number of hydrogen-bond donors (Lipinski definition) is 2. The highest BCUT2D eigenvalue weighted by molar-refractivity contribution is 5.85. The number of unbranched alkanes of at least 4 members (excludes halogenated alkanes) is 1. The summed E-state index contributed by atoms with van der Waals surface area (Å²) >= 11 is 0. The molecule has 1 rings (SSSR count). The number of nitrogens with two attached hydrogens (primary N) is 2. The predicted octanol–water partition coefficient (Wildman–Crippen LogP) is 3.26. The molecule has 0 bridgehead atoms. The molecule has 0 aromatic heterocycles. The Morgan fingerprint density at radius 1 is 1.25 bits per heavy atom. The van der Waals surface area contributed by atoms with E-state index in [-0.39, 0.29) is 23.7 Å². The second-order valence-corrected chi connectivity index (χ2v) is 4.34. The van der Waals surface area contributed by atoms with Crippen LogP contribution in [0.2, 0.25) is 0 Å². The van der Waals surface area contributed by atoms with E-state index in [4.69, 9.17) is 16.2 Å². The molecule has 1 aromatic rings. The third-order valence-corrected chi connectivity index (χ3v) is 2.93. The van der Waals surface area contributed by atoms with Gasteiger partial charge in [0.25, 0.3) is 0 Å². The number of rotatable bonds is 6. The minimum absolute atomic E-state index is 0. The summed E-state index contributed by atoms with van der Waals surface area (Å²) in [6.45, 7) is 0.515. The van der Waals surface area contributed by atoms with Gasteiger partial charge in [-0.25, -0.2) is 0 Å². The van der Waals surface area contributed by atoms with Crippen LogP contribution >= 0.6 is 12.4 Å². The molecular weight excluding hydrogens is 293 g/mol. The maximum atomic E-state index is 13.0. The first-order valence-electron chi connectivity index (χ1n) is 6.11. The second kappa shape index (κ2) is 8.34. The third kappa shape index (κ3) is 5.19. The number of hydrogen-bond acceptors (Lipinski definition) is 3. The van der Waals surface area contributed by atoms with Crippen LogP contribution in [-0.2, 0) is 6.18 Å². The summed E-state index contributed by atoms with van der Waals surface area (Å²) in [6.07, 6.45) is -2.49. The maximum absolute atomic E-state index is 13.0. The van der Waals surface area contributed by atoms with Crippen LogP contribution in [0.1, 0.15) is 36.4 Å². The second-order valence-electron chi connectivity index (χ2n) is 4.34. The molecule has 3 nitrogen and oxygen atoms in total. The fourth-order valence-electron chi connectivity index (χ4n) is 1.90. The van der Waals surface area contributed by atoms with E-state index in [2.05, 4.69) is 0 Å². The molecule has 0 saturated heterocycles. The van der Waals surface area contributed by atoms with Crippen molar-refractivity contribution >= 4 is 12.4 Å². The lowest BCUT2D eigenvalue weighted by Gasteiger charge is -2.19. The predicted molar refractivity (Wildman–Crippen MR) is 75.1 cm³/mol. The molecule has 4 N–H and O–H groups in total. The van der Waals surface area contributed by atoms with Gasteiger partial charge in [-0.05, 0) is 37.1 Å². The van der Waals surface area contributed by atoms with E-state index in [0.29, 0.717) is 19.4 Å². The van der Waals surface area contributed by atoms with Gasteiger partial charge < -0.3 is 16.2 Å². The zero-order chi connectivity index (χ0) is 14.5. The molecule has 0 saturated carbocycles. The van der Waals surface area contributed by atoms with E-state index >= 15 is 0 Å². The Labute approximate surface area is 122 Å². The largest absolute Gasteiger partial charge is 0.497 e. The smallest absolute Gasteiger partial charge is 0.416 e. The Hall–Kier alpha value is -0.980. The van der Waals surface area contributed by atoms with Gasteiger partial charge in [0.05, 0.1) is 12.7 Å². The minimum atomic E-state index is -4.44. The highest BCUT2D eigenvalue weighted by atomic mass is 35.5. The molecular formula is C13H20ClF3N2O. The fraction of sp³-hybridized carbons (Fsp3) is 0.538. The number of benzene rings is 1. The van der Waals surface area contributed by atoms with Crippen molar-refractivity contribution in [2.24, 2.45) is 11.5 Å². The summed E-state index contributed by atoms with van der Waals surface area (Å²) in [5, 5.41) is 0. The molecule has 0 radical (unpaired) electrons. The van der Waals surface area contributed by atoms with Crippen LogP contribution < -0.4 is 16.2 Å². The summed E-state index contributed by atoms with van der Waals surface area (Å²) in [6, 6.07) is 3.22. The van der Waals surface area contributed by atoms with Gasteiger partial charge in [0.2, 0.25) is 0 Å². The Bertz CT molecular complexity index is 413. The van der Waals surface area contributed by atoms with Crippen molar-refractivity contribution in [2.45, 2.75) is 31.5 Å². The van der Waals surface area contributed by atoms with Crippen molar-refractivity contribution in [3.63, 3.8) is 0 Å². The lowest BCUT2D eigenvalue weighted by molar-refractivity contribution is -0.138. The summed E-state index contributed by atoms with van der Waals surface area (Å²) < 4.78 is 43.8. The molecule has 0 aliphatic heterocycles. The first-order valence-corrected chi connectivity index (χ1v) is 6.11. The molecule has 0 amide bonds. The van der Waals surface area contributed by atoms with Crippen molar-refractivity contribution in [1.82, 2.24) is 0 Å². The number of ether oxygens (including phenoxy) is 1.